The summed E-state index contributed by atoms with van der Waals surface area (Å²) in [5.74, 6) is -0.0500. The normalized spacial score (nSPS) is 19.5. The van der Waals surface area contributed by atoms with E-state index in [1.165, 1.54) is 0 Å². The molecule has 1 amide bonds. The molecule has 0 unspecified atom stereocenters. The van der Waals surface area contributed by atoms with Crippen molar-refractivity contribution in [1.82, 2.24) is 4.90 Å². The van der Waals surface area contributed by atoms with Crippen LogP contribution >= 0.6 is 0 Å². The number of allylic oxidation sites excluding steroid dienone is 1. The van der Waals surface area contributed by atoms with Crippen molar-refractivity contribution in [2.75, 3.05) is 20.1 Å². The quantitative estimate of drug-likeness (QED) is 0.586. The minimum atomic E-state index is -0.0500. The molecule has 1 rings (SSSR count). The lowest BCUT2D eigenvalue weighted by atomic mass is 10.2. The molecule has 0 fully saturated rings. The van der Waals surface area contributed by atoms with Crippen LogP contribution in [-0.2, 0) is 4.79 Å². The second-order valence-electron chi connectivity index (χ2n) is 2.88. The van der Waals surface area contributed by atoms with Crippen LogP contribution in [0.15, 0.2) is 16.8 Å². The summed E-state index contributed by atoms with van der Waals surface area (Å²) in [4.78, 5) is 17.1. The van der Waals surface area contributed by atoms with E-state index in [0.717, 1.165) is 0 Å². The van der Waals surface area contributed by atoms with Gasteiger partial charge in [-0.05, 0) is 13.0 Å². The van der Waals surface area contributed by atoms with Crippen molar-refractivity contribution in [2.24, 2.45) is 10.7 Å². The molecular weight excluding hydrogens is 154 g/mol. The molecule has 0 aromatic rings. The molecule has 0 radical (unpaired) electrons. The zero-order valence-electron chi connectivity index (χ0n) is 7.37. The molecule has 66 valence electrons. The van der Waals surface area contributed by atoms with Gasteiger partial charge in [-0.25, -0.2) is 0 Å². The number of likely N-dealkylation sites (N-methyl/N-ethyl adjacent to an activating group) is 1. The van der Waals surface area contributed by atoms with E-state index in [0.29, 0.717) is 24.5 Å². The van der Waals surface area contributed by atoms with Gasteiger partial charge >= 0.3 is 0 Å². The third-order valence-electron chi connectivity index (χ3n) is 1.65. The Morgan fingerprint density at radius 1 is 1.75 bits per heavy atom. The lowest BCUT2D eigenvalue weighted by Crippen LogP contribution is -2.38. The molecule has 1 aliphatic rings. The zero-order valence-corrected chi connectivity index (χ0v) is 7.37. The number of nitrogens with zero attached hydrogens (tertiary/aromatic N) is 2. The van der Waals surface area contributed by atoms with Crippen molar-refractivity contribution in [3.63, 3.8) is 0 Å². The van der Waals surface area contributed by atoms with Crippen molar-refractivity contribution in [3.8, 4) is 0 Å². The maximum Gasteiger partial charge on any atom is 0.271 e. The molecule has 0 atom stereocenters. The van der Waals surface area contributed by atoms with E-state index in [1.54, 1.807) is 24.9 Å². The Kier molecular flexibility index (Phi) is 2.47. The van der Waals surface area contributed by atoms with Gasteiger partial charge in [0, 0.05) is 19.3 Å². The average Bonchev–Trinajstić information content (AvgIpc) is 1.98. The predicted octanol–water partition coefficient (Wildman–Crippen LogP) is -0.238. The van der Waals surface area contributed by atoms with Crippen molar-refractivity contribution < 1.29 is 4.79 Å². The molecule has 0 saturated heterocycles. The first-order chi connectivity index (χ1) is 5.61. The molecule has 4 heteroatoms. The standard InChI is InChI=1S/C8H13N3O/c1-6(9)5-7-8(12)11(2)4-3-10-7/h5H,3-4,9H2,1-2H3/b6-5-. The number of hydrogen-bond donors (Lipinski definition) is 1. The van der Waals surface area contributed by atoms with Gasteiger partial charge in [-0.3, -0.25) is 9.79 Å². The Labute approximate surface area is 71.8 Å². The minimum absolute atomic E-state index is 0.0500. The fraction of sp³-hybridized carbons (Fsp3) is 0.500. The van der Waals surface area contributed by atoms with E-state index < -0.39 is 0 Å². The van der Waals surface area contributed by atoms with E-state index in [1.807, 2.05) is 0 Å². The van der Waals surface area contributed by atoms with Crippen molar-refractivity contribution in [3.05, 3.63) is 11.8 Å². The maximum absolute atomic E-state index is 11.4. The minimum Gasteiger partial charge on any atom is -0.402 e. The number of amides is 1. The first-order valence-corrected chi connectivity index (χ1v) is 3.85. The smallest absolute Gasteiger partial charge is 0.271 e. The van der Waals surface area contributed by atoms with Gasteiger partial charge in [-0.15, -0.1) is 0 Å². The van der Waals surface area contributed by atoms with E-state index in [4.69, 9.17) is 5.73 Å². The molecule has 0 aliphatic carbocycles. The molecular formula is C8H13N3O. The lowest BCUT2D eigenvalue weighted by Gasteiger charge is -2.20. The van der Waals surface area contributed by atoms with Crippen LogP contribution in [0.2, 0.25) is 0 Å². The summed E-state index contributed by atoms with van der Waals surface area (Å²) in [6.07, 6.45) is 1.61. The Hall–Kier alpha value is -1.32. The summed E-state index contributed by atoms with van der Waals surface area (Å²) in [6, 6.07) is 0. The van der Waals surface area contributed by atoms with Gasteiger partial charge in [0.2, 0.25) is 0 Å². The molecule has 0 spiro atoms. The maximum atomic E-state index is 11.4. The first-order valence-electron chi connectivity index (χ1n) is 3.85. The molecule has 12 heavy (non-hydrogen) atoms. The average molecular weight is 167 g/mol. The van der Waals surface area contributed by atoms with E-state index in [-0.39, 0.29) is 5.91 Å². The topological polar surface area (TPSA) is 58.7 Å². The van der Waals surface area contributed by atoms with Crippen molar-refractivity contribution in [1.29, 1.82) is 0 Å². The summed E-state index contributed by atoms with van der Waals surface area (Å²) < 4.78 is 0. The van der Waals surface area contributed by atoms with Gasteiger partial charge < -0.3 is 10.6 Å². The number of aliphatic imine (C=N–C) groups is 1. The Morgan fingerprint density at radius 3 is 3.00 bits per heavy atom. The summed E-state index contributed by atoms with van der Waals surface area (Å²) >= 11 is 0. The van der Waals surface area contributed by atoms with Gasteiger partial charge in [0.1, 0.15) is 5.71 Å². The molecule has 1 aliphatic heterocycles. The second kappa shape index (κ2) is 3.38. The van der Waals surface area contributed by atoms with Crippen molar-refractivity contribution in [2.45, 2.75) is 6.92 Å². The summed E-state index contributed by atoms with van der Waals surface area (Å²) in [5, 5.41) is 0. The third kappa shape index (κ3) is 1.84. The summed E-state index contributed by atoms with van der Waals surface area (Å²) in [5.41, 5.74) is 6.51. The molecule has 0 aromatic heterocycles. The molecule has 0 aromatic carbocycles. The fourth-order valence-electron chi connectivity index (χ4n) is 1.01. The van der Waals surface area contributed by atoms with E-state index in [9.17, 15) is 4.79 Å². The van der Waals surface area contributed by atoms with Gasteiger partial charge in [-0.1, -0.05) is 0 Å². The highest BCUT2D eigenvalue weighted by Crippen LogP contribution is 1.99. The molecule has 2 N–H and O–H groups in total. The van der Waals surface area contributed by atoms with Crippen molar-refractivity contribution >= 4 is 11.6 Å². The number of carbonyl (C=O) groups excluding carboxylic acids is 1. The van der Waals surface area contributed by atoms with Crippen LogP contribution in [0.5, 0.6) is 0 Å². The van der Waals surface area contributed by atoms with Crippen LogP contribution in [0.3, 0.4) is 0 Å². The summed E-state index contributed by atoms with van der Waals surface area (Å²) in [6.45, 7) is 3.10. The monoisotopic (exact) mass is 167 g/mol. The predicted molar refractivity (Wildman–Crippen MR) is 47.9 cm³/mol. The van der Waals surface area contributed by atoms with Crippen LogP contribution in [0.25, 0.3) is 0 Å². The van der Waals surface area contributed by atoms with E-state index >= 15 is 0 Å². The van der Waals surface area contributed by atoms with E-state index in [2.05, 4.69) is 4.99 Å². The van der Waals surface area contributed by atoms with Gasteiger partial charge in [0.05, 0.1) is 6.54 Å². The molecule has 0 bridgehead atoms. The van der Waals surface area contributed by atoms with Gasteiger partial charge in [0.15, 0.2) is 0 Å². The highest BCUT2D eigenvalue weighted by molar-refractivity contribution is 6.43. The van der Waals surface area contributed by atoms with Gasteiger partial charge in [-0.2, -0.15) is 0 Å². The lowest BCUT2D eigenvalue weighted by molar-refractivity contribution is -0.123. The Bertz CT molecular complexity index is 251. The fourth-order valence-corrected chi connectivity index (χ4v) is 1.01. The first kappa shape index (κ1) is 8.77. The molecule has 0 saturated carbocycles. The second-order valence-corrected chi connectivity index (χ2v) is 2.88. The molecule has 4 nitrogen and oxygen atoms in total. The van der Waals surface area contributed by atoms with Crippen LogP contribution in [0.1, 0.15) is 6.92 Å². The Morgan fingerprint density at radius 2 is 2.42 bits per heavy atom. The van der Waals surface area contributed by atoms with Crippen LogP contribution in [-0.4, -0.2) is 36.7 Å². The third-order valence-corrected chi connectivity index (χ3v) is 1.65. The zero-order chi connectivity index (χ0) is 9.14. The largest absolute Gasteiger partial charge is 0.402 e. The number of rotatable bonds is 1. The SMILES string of the molecule is C/C(N)=C/C1=NCCN(C)C1=O. The molecule has 1 heterocycles. The highest BCUT2D eigenvalue weighted by Gasteiger charge is 2.17. The van der Waals surface area contributed by atoms with Crippen LogP contribution in [0.4, 0.5) is 0 Å². The van der Waals surface area contributed by atoms with Crippen LogP contribution < -0.4 is 5.73 Å². The number of nitrogens with two attached hydrogens (primary N) is 1. The Balaban J connectivity index is 2.83. The van der Waals surface area contributed by atoms with Gasteiger partial charge in [0.25, 0.3) is 5.91 Å². The summed E-state index contributed by atoms with van der Waals surface area (Å²) in [7, 11) is 1.76. The number of carbonyl (C=O) groups is 1. The highest BCUT2D eigenvalue weighted by atomic mass is 16.2. The van der Waals surface area contributed by atoms with Crippen LogP contribution in [0, 0.1) is 0 Å². The number of hydrogen-bond acceptors (Lipinski definition) is 3.